The first-order valence-corrected chi connectivity index (χ1v) is 7.32. The van der Waals surface area contributed by atoms with E-state index in [4.69, 9.17) is 17.3 Å². The molecule has 0 heterocycles. The van der Waals surface area contributed by atoms with Crippen molar-refractivity contribution in [2.45, 2.75) is 39.5 Å². The summed E-state index contributed by atoms with van der Waals surface area (Å²) in [6.07, 6.45) is 4.22. The number of benzene rings is 1. The summed E-state index contributed by atoms with van der Waals surface area (Å²) in [5.74, 6) is 0.0452. The van der Waals surface area contributed by atoms with Gasteiger partial charge in [-0.25, -0.2) is 0 Å². The molecule has 0 saturated heterocycles. The van der Waals surface area contributed by atoms with E-state index >= 15 is 0 Å². The summed E-state index contributed by atoms with van der Waals surface area (Å²) in [4.78, 5) is 14.4. The van der Waals surface area contributed by atoms with E-state index in [2.05, 4.69) is 13.8 Å². The molecule has 0 unspecified atom stereocenters. The zero-order valence-electron chi connectivity index (χ0n) is 11.8. The molecule has 0 saturated carbocycles. The molecule has 1 amide bonds. The van der Waals surface area contributed by atoms with Gasteiger partial charge in [0.1, 0.15) is 0 Å². The Morgan fingerprint density at radius 3 is 2.26 bits per heavy atom. The molecule has 0 fully saturated rings. The fraction of sp³-hybridized carbons (Fsp3) is 0.533. The molecule has 0 atom stereocenters. The van der Waals surface area contributed by atoms with Crippen molar-refractivity contribution in [3.63, 3.8) is 0 Å². The lowest BCUT2D eigenvalue weighted by atomic mass is 10.1. The van der Waals surface area contributed by atoms with Gasteiger partial charge >= 0.3 is 0 Å². The number of nitrogens with two attached hydrogens (primary N) is 1. The third-order valence-corrected chi connectivity index (χ3v) is 3.43. The number of carbonyl (C=O) groups excluding carboxylic acids is 1. The largest absolute Gasteiger partial charge is 0.398 e. The number of hydrogen-bond acceptors (Lipinski definition) is 2. The number of anilines is 1. The Morgan fingerprint density at radius 2 is 1.79 bits per heavy atom. The minimum Gasteiger partial charge on any atom is -0.398 e. The summed E-state index contributed by atoms with van der Waals surface area (Å²) in [6.45, 7) is 5.86. The van der Waals surface area contributed by atoms with E-state index < -0.39 is 0 Å². The van der Waals surface area contributed by atoms with Crippen LogP contribution in [0.15, 0.2) is 18.2 Å². The predicted octanol–water partition coefficient (Wildman–Crippen LogP) is 3.96. The molecule has 1 rings (SSSR count). The van der Waals surface area contributed by atoms with Crippen molar-refractivity contribution >= 4 is 23.2 Å². The third-order valence-electron chi connectivity index (χ3n) is 3.10. The molecule has 4 heteroatoms. The van der Waals surface area contributed by atoms with E-state index in [9.17, 15) is 4.79 Å². The highest BCUT2D eigenvalue weighted by Gasteiger charge is 2.15. The van der Waals surface area contributed by atoms with Gasteiger partial charge in [-0.05, 0) is 31.0 Å². The lowest BCUT2D eigenvalue weighted by molar-refractivity contribution is 0.0751. The van der Waals surface area contributed by atoms with Gasteiger partial charge in [0, 0.05) is 18.7 Å². The lowest BCUT2D eigenvalue weighted by Gasteiger charge is -2.22. The number of nitrogens with zero attached hydrogens (tertiary/aromatic N) is 1. The molecule has 0 aliphatic rings. The molecule has 3 nitrogen and oxygen atoms in total. The molecule has 0 bridgehead atoms. The van der Waals surface area contributed by atoms with Gasteiger partial charge in [-0.2, -0.15) is 0 Å². The Hall–Kier alpha value is -1.22. The van der Waals surface area contributed by atoms with Gasteiger partial charge in [-0.3, -0.25) is 4.79 Å². The molecule has 0 spiro atoms. The van der Waals surface area contributed by atoms with Gasteiger partial charge in [-0.15, -0.1) is 0 Å². The molecule has 106 valence electrons. The van der Waals surface area contributed by atoms with E-state index in [0.29, 0.717) is 16.3 Å². The van der Waals surface area contributed by atoms with Crippen LogP contribution in [0.5, 0.6) is 0 Å². The molecular weight excluding hydrogens is 260 g/mol. The van der Waals surface area contributed by atoms with Crippen molar-refractivity contribution in [2.24, 2.45) is 0 Å². The van der Waals surface area contributed by atoms with Gasteiger partial charge < -0.3 is 10.6 Å². The summed E-state index contributed by atoms with van der Waals surface area (Å²) >= 11 is 5.98. The smallest absolute Gasteiger partial charge is 0.253 e. The van der Waals surface area contributed by atoms with E-state index in [-0.39, 0.29) is 5.91 Å². The highest BCUT2D eigenvalue weighted by atomic mass is 35.5. The van der Waals surface area contributed by atoms with Crippen molar-refractivity contribution in [1.82, 2.24) is 4.90 Å². The Balaban J connectivity index is 2.81. The number of unbranched alkanes of at least 4 members (excludes halogenated alkanes) is 2. The maximum atomic E-state index is 12.4. The molecule has 0 aromatic heterocycles. The van der Waals surface area contributed by atoms with Gasteiger partial charge in [0.05, 0.1) is 10.7 Å². The Morgan fingerprint density at radius 1 is 1.21 bits per heavy atom. The minimum absolute atomic E-state index is 0.0452. The van der Waals surface area contributed by atoms with E-state index in [1.807, 2.05) is 4.90 Å². The minimum atomic E-state index is 0.0452. The lowest BCUT2D eigenvalue weighted by Crippen LogP contribution is -2.32. The first-order chi connectivity index (χ1) is 9.10. The summed E-state index contributed by atoms with van der Waals surface area (Å²) < 4.78 is 0. The third kappa shape index (κ3) is 4.75. The second kappa shape index (κ2) is 8.05. The zero-order chi connectivity index (χ0) is 14.3. The Bertz CT molecular complexity index is 413. The fourth-order valence-electron chi connectivity index (χ4n) is 1.86. The number of carbonyl (C=O) groups is 1. The number of halogens is 1. The first kappa shape index (κ1) is 15.8. The van der Waals surface area contributed by atoms with Gasteiger partial charge in [0.25, 0.3) is 5.91 Å². The standard InChI is InChI=1S/C15H23ClN2O/c1-3-5-9-18(10-6-4-2)15(19)12-7-8-14(17)13(16)11-12/h7-8,11H,3-6,9-10,17H2,1-2H3. The van der Waals surface area contributed by atoms with Crippen molar-refractivity contribution in [1.29, 1.82) is 0 Å². The second-order valence-corrected chi connectivity index (χ2v) is 5.14. The predicted molar refractivity (Wildman–Crippen MR) is 81.6 cm³/mol. The van der Waals surface area contributed by atoms with Crippen LogP contribution in [0.1, 0.15) is 49.9 Å². The average molecular weight is 283 g/mol. The van der Waals surface area contributed by atoms with Crippen LogP contribution in [-0.4, -0.2) is 23.9 Å². The SMILES string of the molecule is CCCCN(CCCC)C(=O)c1ccc(N)c(Cl)c1. The Labute approximate surface area is 120 Å². The molecule has 1 aromatic rings. The maximum Gasteiger partial charge on any atom is 0.253 e. The van der Waals surface area contributed by atoms with Gasteiger partial charge in [-0.1, -0.05) is 38.3 Å². The highest BCUT2D eigenvalue weighted by Crippen LogP contribution is 2.20. The van der Waals surface area contributed by atoms with Gasteiger partial charge in [0.15, 0.2) is 0 Å². The summed E-state index contributed by atoms with van der Waals surface area (Å²) in [5, 5.41) is 0.441. The summed E-state index contributed by atoms with van der Waals surface area (Å²) in [6, 6.07) is 5.09. The molecule has 0 aliphatic heterocycles. The van der Waals surface area contributed by atoms with Crippen molar-refractivity contribution < 1.29 is 4.79 Å². The van der Waals surface area contributed by atoms with Crippen LogP contribution < -0.4 is 5.73 Å². The topological polar surface area (TPSA) is 46.3 Å². The van der Waals surface area contributed by atoms with Crippen molar-refractivity contribution in [2.75, 3.05) is 18.8 Å². The number of amides is 1. The number of hydrogen-bond donors (Lipinski definition) is 1. The highest BCUT2D eigenvalue weighted by molar-refractivity contribution is 6.33. The number of rotatable bonds is 7. The second-order valence-electron chi connectivity index (χ2n) is 4.74. The van der Waals surface area contributed by atoms with Crippen LogP contribution >= 0.6 is 11.6 Å². The summed E-state index contributed by atoms with van der Waals surface area (Å²) in [5.41, 5.74) is 6.79. The average Bonchev–Trinajstić information content (AvgIpc) is 2.41. The molecule has 1 aromatic carbocycles. The van der Waals surface area contributed by atoms with Crippen LogP contribution in [0.2, 0.25) is 5.02 Å². The number of nitrogen functional groups attached to an aromatic ring is 1. The van der Waals surface area contributed by atoms with E-state index in [1.165, 1.54) is 0 Å². The van der Waals surface area contributed by atoms with Crippen LogP contribution in [0.4, 0.5) is 5.69 Å². The van der Waals surface area contributed by atoms with Crippen LogP contribution in [0.25, 0.3) is 0 Å². The Kier molecular flexibility index (Phi) is 6.71. The summed E-state index contributed by atoms with van der Waals surface area (Å²) in [7, 11) is 0. The quantitative estimate of drug-likeness (QED) is 0.769. The van der Waals surface area contributed by atoms with Crippen LogP contribution in [0.3, 0.4) is 0 Å². The van der Waals surface area contributed by atoms with Crippen LogP contribution in [-0.2, 0) is 0 Å². The monoisotopic (exact) mass is 282 g/mol. The van der Waals surface area contributed by atoms with Gasteiger partial charge in [0.2, 0.25) is 0 Å². The normalized spacial score (nSPS) is 10.5. The van der Waals surface area contributed by atoms with Crippen molar-refractivity contribution in [3.8, 4) is 0 Å². The maximum absolute atomic E-state index is 12.4. The zero-order valence-corrected chi connectivity index (χ0v) is 12.5. The van der Waals surface area contributed by atoms with Crippen LogP contribution in [0, 0.1) is 0 Å². The first-order valence-electron chi connectivity index (χ1n) is 6.94. The molecular formula is C15H23ClN2O. The molecule has 0 radical (unpaired) electrons. The molecule has 2 N–H and O–H groups in total. The fourth-order valence-corrected chi connectivity index (χ4v) is 2.04. The van der Waals surface area contributed by atoms with E-state index in [1.54, 1.807) is 18.2 Å². The molecule has 19 heavy (non-hydrogen) atoms. The van der Waals surface area contributed by atoms with Crippen molar-refractivity contribution in [3.05, 3.63) is 28.8 Å². The van der Waals surface area contributed by atoms with E-state index in [0.717, 1.165) is 38.8 Å². The molecule has 0 aliphatic carbocycles.